The molecule has 4 fully saturated rings. The van der Waals surface area contributed by atoms with Crippen LogP contribution in [0.5, 0.6) is 0 Å². The molecular formula is C80H26O12. The maximum absolute atomic E-state index is 18.0. The van der Waals surface area contributed by atoms with E-state index in [1.807, 2.05) is 0 Å². The molecule has 28 aromatic carbocycles. The van der Waals surface area contributed by atoms with Gasteiger partial charge in [-0.2, -0.15) is 0 Å². The summed E-state index contributed by atoms with van der Waals surface area (Å²) in [6, 6.07) is 0. The van der Waals surface area contributed by atoms with Crippen LogP contribution in [-0.2, 0) is 67.9 Å². The predicted molar refractivity (Wildman–Crippen MR) is 352 cm³/mol. The number of fused-ring (bicyclic) bond motifs is 2. The lowest BCUT2D eigenvalue weighted by molar-refractivity contribution is -0.176. The molecule has 36 rings (SSSR count). The fourth-order valence-corrected chi connectivity index (χ4v) is 28.7. The molecule has 1 saturated carbocycles. The van der Waals surface area contributed by atoms with E-state index < -0.39 is 82.5 Å². The Morgan fingerprint density at radius 3 is 0.543 bits per heavy atom. The van der Waals surface area contributed by atoms with Crippen LogP contribution >= 0.6 is 0 Å². The first-order chi connectivity index (χ1) is 44.9. The Hall–Kier alpha value is -9.82. The SMILES string of the molecule is CC1(C)O[C@@H]2COC(=O)CC(=O)OC[C@H]3OC(C)(C)O[C@@H]3COC(=O)C3(C(=O)OC[C@H]2O1)C12c4c5c6c7c8c9c(c%10c%11c1c1c4c4c%12c5c5c6c6c8c8c%13c9c9c%10c%10c%11c%11c1c1c4c4c%12c%12c5c5c6c8c6c8c%13c9c9c%10c%10c%11c1c1c4c4c%12c5c6c5c8c9c%10c1c45)C732. The number of carbonyl (C=O) groups is 4. The van der Waals surface area contributed by atoms with Gasteiger partial charge in [0.2, 0.25) is 0 Å². The summed E-state index contributed by atoms with van der Waals surface area (Å²) >= 11 is 0. The van der Waals surface area contributed by atoms with E-state index in [1.54, 1.807) is 27.7 Å². The van der Waals surface area contributed by atoms with Crippen molar-refractivity contribution >= 4 is 315 Å². The molecule has 0 unspecified atom stereocenters. The summed E-state index contributed by atoms with van der Waals surface area (Å²) in [6.07, 6.45) is -4.29. The van der Waals surface area contributed by atoms with Gasteiger partial charge >= 0.3 is 23.9 Å². The number of esters is 4. The molecule has 3 saturated heterocycles. The van der Waals surface area contributed by atoms with Gasteiger partial charge in [-0.05, 0) is 341 Å². The van der Waals surface area contributed by atoms with Crippen molar-refractivity contribution in [1.29, 1.82) is 0 Å². The molecule has 8 aliphatic rings. The first kappa shape index (κ1) is 40.1. The average molecular weight is 1180 g/mol. The first-order valence-electron chi connectivity index (χ1n) is 33.1. The van der Waals surface area contributed by atoms with E-state index in [1.165, 1.54) is 291 Å². The third-order valence-electron chi connectivity index (χ3n) is 29.4. The quantitative estimate of drug-likeness (QED) is 0.0617. The molecule has 3 aliphatic heterocycles. The second kappa shape index (κ2) is 9.77. The fourth-order valence-electron chi connectivity index (χ4n) is 28.7. The van der Waals surface area contributed by atoms with Gasteiger partial charge in [0.1, 0.15) is 57.3 Å². The van der Waals surface area contributed by atoms with E-state index in [2.05, 4.69) is 0 Å². The molecule has 28 aromatic rings. The zero-order valence-corrected chi connectivity index (χ0v) is 48.2. The van der Waals surface area contributed by atoms with Crippen LogP contribution in [0.2, 0.25) is 0 Å². The number of benzene rings is 18. The van der Waals surface area contributed by atoms with Crippen molar-refractivity contribution in [2.24, 2.45) is 5.41 Å². The highest BCUT2D eigenvalue weighted by molar-refractivity contribution is 6.82. The molecule has 5 aliphatic carbocycles. The van der Waals surface area contributed by atoms with Gasteiger partial charge in [-0.3, -0.25) is 19.2 Å². The number of carbonyl (C=O) groups excluding carboxylic acids is 4. The Labute approximate surface area is 504 Å². The van der Waals surface area contributed by atoms with Crippen molar-refractivity contribution < 1.29 is 57.1 Å². The molecule has 0 bridgehead atoms. The molecule has 0 amide bonds. The van der Waals surface area contributed by atoms with E-state index in [-0.39, 0.29) is 26.4 Å². The second-order valence-corrected chi connectivity index (χ2v) is 32.2. The Bertz CT molecular complexity index is 7610. The second-order valence-electron chi connectivity index (χ2n) is 32.2. The van der Waals surface area contributed by atoms with Crippen LogP contribution in [0.25, 0.3) is 291 Å². The average Bonchev–Trinajstić information content (AvgIpc) is 1.36. The molecule has 12 heteroatoms. The maximum Gasteiger partial charge on any atom is 0.326 e. The van der Waals surface area contributed by atoms with E-state index in [0.717, 1.165) is 22.3 Å². The number of rotatable bonds is 0. The van der Waals surface area contributed by atoms with Gasteiger partial charge in [0.25, 0.3) is 0 Å². The van der Waals surface area contributed by atoms with Gasteiger partial charge in [-0.25, -0.2) is 0 Å². The third-order valence-corrected chi connectivity index (χ3v) is 29.4. The number of hydrogen-bond donors (Lipinski definition) is 0. The largest absolute Gasteiger partial charge is 0.462 e. The summed E-state index contributed by atoms with van der Waals surface area (Å²) in [5.41, 5.74) is -0.375. The highest BCUT2D eigenvalue weighted by Crippen LogP contribution is 2.96. The van der Waals surface area contributed by atoms with Crippen molar-refractivity contribution in [3.05, 3.63) is 22.3 Å². The van der Waals surface area contributed by atoms with Gasteiger partial charge < -0.3 is 37.9 Å². The van der Waals surface area contributed by atoms with Crippen LogP contribution in [0.15, 0.2) is 0 Å². The molecule has 0 aromatic heterocycles. The minimum Gasteiger partial charge on any atom is -0.462 e. The van der Waals surface area contributed by atoms with Gasteiger partial charge in [-0.15, -0.1) is 0 Å². The molecule has 3 heterocycles. The summed E-state index contributed by atoms with van der Waals surface area (Å²) < 4.78 is 52.4. The minimum absolute atomic E-state index is 0.282. The molecular weight excluding hydrogens is 1150 g/mol. The van der Waals surface area contributed by atoms with Gasteiger partial charge in [0.05, 0.1) is 10.8 Å². The van der Waals surface area contributed by atoms with E-state index in [4.69, 9.17) is 37.9 Å². The Morgan fingerprint density at radius 1 is 0.217 bits per heavy atom. The number of ether oxygens (including phenoxy) is 8. The molecule has 92 heavy (non-hydrogen) atoms. The maximum atomic E-state index is 18.0. The standard InChI is InChI=1S/C80H26O12/c1-76(2)89-10-6-85-14(81)5-15(82)86-7-11-13(92-77(3,4)90-11)9-88-75(84)80(74(83)87-8-12(10)91-76)78-70-62-54-44-34-26-18-16-17-20-24-22(18)30-38-32(24)42-36-28(20)29-21(17)25-23-19(16)27(26)35-41-31(23)39-33(25)43-37(29)47-46(36)56-50(42)60-52(38)58(48(54)40(30)34)66(70)68(60)72-64(56)65-57(47)51(43)61-53(39)59-49(41)55(45(35)44)63(62)71(78)67(59)69(61)73(65)79(72,78)80/h10-13H,5-9H2,1-4H3/t10-,11-,12-,13-,78?,79?/m1/s1. The van der Waals surface area contributed by atoms with Crippen molar-refractivity contribution in [3.8, 4) is 0 Å². The Kier molecular flexibility index (Phi) is 4.26. The highest BCUT2D eigenvalue weighted by atomic mass is 16.8. The minimum atomic E-state index is -2.08. The molecule has 418 valence electrons. The van der Waals surface area contributed by atoms with Crippen molar-refractivity contribution in [2.45, 2.75) is 80.9 Å². The molecule has 4 atom stereocenters. The molecule has 0 radical (unpaired) electrons. The Morgan fingerprint density at radius 2 is 0.370 bits per heavy atom. The van der Waals surface area contributed by atoms with Crippen LogP contribution in [0, 0.1) is 5.41 Å². The Balaban J connectivity index is 0.845. The van der Waals surface area contributed by atoms with Crippen LogP contribution < -0.4 is 0 Å². The van der Waals surface area contributed by atoms with Crippen molar-refractivity contribution in [3.63, 3.8) is 0 Å². The van der Waals surface area contributed by atoms with Crippen LogP contribution in [0.1, 0.15) is 56.4 Å². The third kappa shape index (κ3) is 2.56. The van der Waals surface area contributed by atoms with E-state index in [0.29, 0.717) is 0 Å². The summed E-state index contributed by atoms with van der Waals surface area (Å²) in [7, 11) is 0. The van der Waals surface area contributed by atoms with Crippen molar-refractivity contribution in [1.82, 2.24) is 0 Å². The topological polar surface area (TPSA) is 142 Å². The normalized spacial score (nSPS) is 29.2. The van der Waals surface area contributed by atoms with Gasteiger partial charge in [0, 0.05) is 0 Å². The molecule has 12 nitrogen and oxygen atoms in total. The summed E-state index contributed by atoms with van der Waals surface area (Å²) in [6.45, 7) is 5.95. The van der Waals surface area contributed by atoms with Gasteiger partial charge in [-0.1, -0.05) is 0 Å². The lowest BCUT2D eigenvalue weighted by Crippen LogP contribution is -2.43. The monoisotopic (exact) mass is 1180 g/mol. The van der Waals surface area contributed by atoms with E-state index in [9.17, 15) is 9.59 Å². The fraction of sp³-hybridized carbons (Fsp3) is 0.225. The smallest absolute Gasteiger partial charge is 0.326 e. The number of cyclic esters (lactones) is 4. The van der Waals surface area contributed by atoms with Crippen molar-refractivity contribution in [2.75, 3.05) is 26.4 Å². The lowest BCUT2D eigenvalue weighted by atomic mass is 9.68. The summed E-state index contributed by atoms with van der Waals surface area (Å²) in [5, 5.41) is 74.9. The van der Waals surface area contributed by atoms with Crippen LogP contribution in [-0.4, -0.2) is 86.3 Å². The lowest BCUT2D eigenvalue weighted by Gasteiger charge is -2.32. The molecule has 3 spiro atoms. The molecule has 0 N–H and O–H groups in total. The summed E-state index contributed by atoms with van der Waals surface area (Å²) in [5.74, 6) is -5.25. The predicted octanol–water partition coefficient (Wildman–Crippen LogP) is 15.9. The zero-order chi connectivity index (χ0) is 57.8. The zero-order valence-electron chi connectivity index (χ0n) is 48.2. The number of hydrogen-bond acceptors (Lipinski definition) is 12. The first-order valence-corrected chi connectivity index (χ1v) is 33.1. The highest BCUT2D eigenvalue weighted by Gasteiger charge is 3.01. The van der Waals surface area contributed by atoms with Crippen LogP contribution in [0.3, 0.4) is 0 Å². The van der Waals surface area contributed by atoms with E-state index >= 15 is 9.59 Å². The van der Waals surface area contributed by atoms with Crippen LogP contribution in [0.4, 0.5) is 0 Å². The van der Waals surface area contributed by atoms with Gasteiger partial charge in [0.15, 0.2) is 17.0 Å². The summed E-state index contributed by atoms with van der Waals surface area (Å²) in [4.78, 5) is 63.1.